The van der Waals surface area contributed by atoms with Crippen molar-refractivity contribution >= 4 is 35.4 Å². The molecule has 43 heavy (non-hydrogen) atoms. The van der Waals surface area contributed by atoms with E-state index < -0.39 is 54.3 Å². The van der Waals surface area contributed by atoms with Crippen molar-refractivity contribution in [2.45, 2.75) is 72.1 Å². The van der Waals surface area contributed by atoms with E-state index in [1.54, 1.807) is 19.1 Å². The van der Waals surface area contributed by atoms with Crippen LogP contribution in [-0.2, 0) is 43.0 Å². The standard InChI is InChI=1S/C31H38N2O10/c1-17(2)26(22-10-8-7-9-11-22)30(38)32-24-14-12-23(13-15-24)29(37)33-43-31-18(3)27(40-20(5)35)28(41-21(6)36)25(42-31)16-39-19(4)34/h7-15,17-18,25-28,31H,16H2,1-6H3,(H,32,38)(H,33,37)/t18-,25-,26+,27-,28+,31+/m1/s1. The Morgan fingerprint density at radius 2 is 1.44 bits per heavy atom. The fourth-order valence-electron chi connectivity index (χ4n) is 4.80. The van der Waals surface area contributed by atoms with Crippen molar-refractivity contribution in [3.8, 4) is 0 Å². The second-order valence-corrected chi connectivity index (χ2v) is 10.6. The van der Waals surface area contributed by atoms with Crippen LogP contribution in [0, 0.1) is 11.8 Å². The molecule has 2 aromatic carbocycles. The molecule has 0 aromatic heterocycles. The predicted octanol–water partition coefficient (Wildman–Crippen LogP) is 3.51. The van der Waals surface area contributed by atoms with Gasteiger partial charge in [0.1, 0.15) is 18.8 Å². The number of anilines is 1. The molecular weight excluding hydrogens is 560 g/mol. The zero-order valence-corrected chi connectivity index (χ0v) is 25.0. The first-order valence-electron chi connectivity index (χ1n) is 13.9. The van der Waals surface area contributed by atoms with Gasteiger partial charge >= 0.3 is 17.9 Å². The molecule has 12 heteroatoms. The smallest absolute Gasteiger partial charge is 0.303 e. The van der Waals surface area contributed by atoms with Crippen LogP contribution in [0.3, 0.4) is 0 Å². The molecule has 1 fully saturated rings. The Labute approximate surface area is 250 Å². The van der Waals surface area contributed by atoms with E-state index in [1.165, 1.54) is 32.9 Å². The van der Waals surface area contributed by atoms with Crippen LogP contribution in [0.25, 0.3) is 0 Å². The summed E-state index contributed by atoms with van der Waals surface area (Å²) in [6, 6.07) is 15.8. The third-order valence-corrected chi connectivity index (χ3v) is 6.79. The van der Waals surface area contributed by atoms with Crippen molar-refractivity contribution in [3.63, 3.8) is 0 Å². The van der Waals surface area contributed by atoms with Gasteiger partial charge in [0.25, 0.3) is 5.91 Å². The Morgan fingerprint density at radius 1 is 0.837 bits per heavy atom. The molecule has 0 saturated carbocycles. The lowest BCUT2D eigenvalue weighted by molar-refractivity contribution is -0.298. The van der Waals surface area contributed by atoms with Gasteiger partial charge in [0.15, 0.2) is 12.4 Å². The number of nitrogens with one attached hydrogen (secondary N) is 2. The lowest BCUT2D eigenvalue weighted by atomic mass is 9.87. The highest BCUT2D eigenvalue weighted by Crippen LogP contribution is 2.31. The molecule has 2 N–H and O–H groups in total. The highest BCUT2D eigenvalue weighted by atomic mass is 16.8. The Hall–Kier alpha value is -4.29. The van der Waals surface area contributed by atoms with Gasteiger partial charge in [-0.15, -0.1) is 0 Å². The van der Waals surface area contributed by atoms with Crippen LogP contribution < -0.4 is 10.8 Å². The molecule has 1 heterocycles. The lowest BCUT2D eigenvalue weighted by Crippen LogP contribution is -2.59. The summed E-state index contributed by atoms with van der Waals surface area (Å²) in [7, 11) is 0. The molecule has 0 radical (unpaired) electrons. The van der Waals surface area contributed by atoms with Gasteiger partial charge in [0.05, 0.1) is 11.8 Å². The number of hydrogen-bond donors (Lipinski definition) is 2. The molecule has 1 aliphatic rings. The minimum atomic E-state index is -1.16. The molecule has 1 aliphatic heterocycles. The second kappa shape index (κ2) is 15.3. The fraction of sp³-hybridized carbons (Fsp3) is 0.452. The number of rotatable bonds is 11. The summed E-state index contributed by atoms with van der Waals surface area (Å²) < 4.78 is 21.7. The quantitative estimate of drug-likeness (QED) is 0.223. The first kappa shape index (κ1) is 33.2. The monoisotopic (exact) mass is 598 g/mol. The molecule has 0 bridgehead atoms. The highest BCUT2D eigenvalue weighted by molar-refractivity contribution is 5.97. The normalized spacial score (nSPS) is 22.2. The van der Waals surface area contributed by atoms with Crippen molar-refractivity contribution in [1.82, 2.24) is 5.48 Å². The lowest BCUT2D eigenvalue weighted by Gasteiger charge is -2.43. The summed E-state index contributed by atoms with van der Waals surface area (Å²) in [5, 5.41) is 2.91. The fourth-order valence-corrected chi connectivity index (χ4v) is 4.80. The van der Waals surface area contributed by atoms with E-state index in [2.05, 4.69) is 10.8 Å². The third-order valence-electron chi connectivity index (χ3n) is 6.79. The summed E-state index contributed by atoms with van der Waals surface area (Å²) in [4.78, 5) is 66.5. The third kappa shape index (κ3) is 9.35. The van der Waals surface area contributed by atoms with Crippen LogP contribution >= 0.6 is 0 Å². The number of esters is 3. The molecule has 2 aromatic rings. The maximum atomic E-state index is 13.1. The van der Waals surface area contributed by atoms with Crippen LogP contribution in [0.1, 0.15) is 63.4 Å². The van der Waals surface area contributed by atoms with Crippen LogP contribution in [0.5, 0.6) is 0 Å². The van der Waals surface area contributed by atoms with Gasteiger partial charge in [0, 0.05) is 32.0 Å². The van der Waals surface area contributed by atoms with E-state index >= 15 is 0 Å². The van der Waals surface area contributed by atoms with E-state index in [0.29, 0.717) is 5.69 Å². The van der Waals surface area contributed by atoms with Crippen molar-refractivity contribution in [2.75, 3.05) is 11.9 Å². The molecule has 0 spiro atoms. The zero-order chi connectivity index (χ0) is 31.7. The average molecular weight is 599 g/mol. The van der Waals surface area contributed by atoms with Crippen molar-refractivity contribution in [3.05, 3.63) is 65.7 Å². The van der Waals surface area contributed by atoms with Gasteiger partial charge in [-0.3, -0.25) is 24.0 Å². The number of hydroxylamine groups is 1. The minimum Gasteiger partial charge on any atom is -0.463 e. The molecule has 0 aliphatic carbocycles. The number of amides is 2. The minimum absolute atomic E-state index is 0.0624. The summed E-state index contributed by atoms with van der Waals surface area (Å²) >= 11 is 0. The molecule has 1 saturated heterocycles. The first-order valence-corrected chi connectivity index (χ1v) is 13.9. The molecular formula is C31H38N2O10. The first-order chi connectivity index (χ1) is 20.4. The largest absolute Gasteiger partial charge is 0.463 e. The zero-order valence-electron chi connectivity index (χ0n) is 25.0. The van der Waals surface area contributed by atoms with Crippen LogP contribution in [0.2, 0.25) is 0 Å². The van der Waals surface area contributed by atoms with Gasteiger partial charge < -0.3 is 24.3 Å². The van der Waals surface area contributed by atoms with Gasteiger partial charge in [-0.2, -0.15) is 0 Å². The Balaban J connectivity index is 1.67. The molecule has 3 rings (SSSR count). The molecule has 0 unspecified atom stereocenters. The number of benzene rings is 2. The number of carbonyl (C=O) groups is 5. The summed E-state index contributed by atoms with van der Waals surface area (Å²) in [5.41, 5.74) is 3.98. The number of hydrogen-bond acceptors (Lipinski definition) is 10. The molecule has 232 valence electrons. The summed E-state index contributed by atoms with van der Waals surface area (Å²) in [5.74, 6) is -3.67. The predicted molar refractivity (Wildman–Crippen MR) is 153 cm³/mol. The summed E-state index contributed by atoms with van der Waals surface area (Å²) in [6.07, 6.45) is -4.33. The van der Waals surface area contributed by atoms with Crippen molar-refractivity contribution < 1.29 is 47.8 Å². The van der Waals surface area contributed by atoms with Crippen LogP contribution in [0.4, 0.5) is 5.69 Å². The van der Waals surface area contributed by atoms with Crippen molar-refractivity contribution in [1.29, 1.82) is 0 Å². The van der Waals surface area contributed by atoms with Gasteiger partial charge in [0.2, 0.25) is 5.91 Å². The molecule has 12 nitrogen and oxygen atoms in total. The van der Waals surface area contributed by atoms with Crippen LogP contribution in [0.15, 0.2) is 54.6 Å². The van der Waals surface area contributed by atoms with E-state index in [0.717, 1.165) is 5.56 Å². The van der Waals surface area contributed by atoms with Gasteiger partial charge in [-0.1, -0.05) is 51.1 Å². The number of carbonyl (C=O) groups excluding carboxylic acids is 5. The van der Waals surface area contributed by atoms with E-state index in [1.807, 2.05) is 44.2 Å². The molecule has 2 amide bonds. The van der Waals surface area contributed by atoms with Gasteiger partial charge in [-0.25, -0.2) is 10.3 Å². The SMILES string of the molecule is CC(=O)OC[C@H]1O[C@@H](ONC(=O)c2ccc(NC(=O)[C@H](c3ccccc3)C(C)C)cc2)[C@H](C)[C@@H](OC(C)=O)[C@H]1OC(C)=O. The maximum absolute atomic E-state index is 13.1. The van der Waals surface area contributed by atoms with E-state index in [9.17, 15) is 24.0 Å². The van der Waals surface area contributed by atoms with Gasteiger partial charge in [-0.05, 0) is 35.7 Å². The Kier molecular flexibility index (Phi) is 11.8. The highest BCUT2D eigenvalue weighted by Gasteiger charge is 2.49. The van der Waals surface area contributed by atoms with Crippen LogP contribution in [-0.4, -0.2) is 60.9 Å². The molecule has 6 atom stereocenters. The Bertz CT molecular complexity index is 1280. The number of ether oxygens (including phenoxy) is 4. The maximum Gasteiger partial charge on any atom is 0.303 e. The topological polar surface area (TPSA) is 156 Å². The van der Waals surface area contributed by atoms with E-state index in [-0.39, 0.29) is 29.9 Å². The van der Waals surface area contributed by atoms with Crippen molar-refractivity contribution in [2.24, 2.45) is 11.8 Å². The average Bonchev–Trinajstić information content (AvgIpc) is 2.94. The second-order valence-electron chi connectivity index (χ2n) is 10.6. The Morgan fingerprint density at radius 3 is 2.00 bits per heavy atom. The summed E-state index contributed by atoms with van der Waals surface area (Å²) in [6.45, 7) is 8.84. The van der Waals surface area contributed by atoms with E-state index in [4.69, 9.17) is 23.8 Å².